The van der Waals surface area contributed by atoms with E-state index in [0.29, 0.717) is 12.1 Å². The quantitative estimate of drug-likeness (QED) is 0.235. The molecule has 0 aliphatic heterocycles. The highest BCUT2D eigenvalue weighted by Crippen LogP contribution is 2.07. The minimum absolute atomic E-state index is 0. The molecule has 5 nitrogen and oxygen atoms in total. The van der Waals surface area contributed by atoms with Gasteiger partial charge < -0.3 is 16.0 Å². The van der Waals surface area contributed by atoms with Crippen molar-refractivity contribution < 1.29 is 4.79 Å². The van der Waals surface area contributed by atoms with Gasteiger partial charge in [0.05, 0.1) is 6.54 Å². The van der Waals surface area contributed by atoms with Crippen molar-refractivity contribution in [2.45, 2.75) is 26.3 Å². The third-order valence-electron chi connectivity index (χ3n) is 3.96. The Morgan fingerprint density at radius 1 is 1.00 bits per heavy atom. The Bertz CT molecular complexity index is 719. The number of aliphatic imine (C=N–C) groups is 1. The summed E-state index contributed by atoms with van der Waals surface area (Å²) in [7, 11) is 1.63. The van der Waals surface area contributed by atoms with Crippen LogP contribution in [0.2, 0.25) is 0 Å². The van der Waals surface area contributed by atoms with E-state index in [-0.39, 0.29) is 29.9 Å². The Labute approximate surface area is 179 Å². The molecule has 2 rings (SSSR count). The van der Waals surface area contributed by atoms with Crippen LogP contribution >= 0.6 is 24.0 Å². The van der Waals surface area contributed by atoms with Crippen molar-refractivity contribution in [3.8, 4) is 0 Å². The van der Waals surface area contributed by atoms with E-state index in [1.54, 1.807) is 13.1 Å². The second-order valence-electron chi connectivity index (χ2n) is 5.99. The minimum Gasteiger partial charge on any atom is -0.357 e. The van der Waals surface area contributed by atoms with Crippen molar-refractivity contribution in [2.75, 3.05) is 20.1 Å². The van der Waals surface area contributed by atoms with Crippen molar-refractivity contribution >= 4 is 35.8 Å². The largest absolute Gasteiger partial charge is 0.357 e. The van der Waals surface area contributed by atoms with Gasteiger partial charge in [0.2, 0.25) is 0 Å². The molecule has 0 unspecified atom stereocenters. The van der Waals surface area contributed by atoms with Crippen LogP contribution in [0.5, 0.6) is 0 Å². The molecule has 3 N–H and O–H groups in total. The van der Waals surface area contributed by atoms with Crippen LogP contribution in [0.25, 0.3) is 0 Å². The highest BCUT2D eigenvalue weighted by molar-refractivity contribution is 14.0. The van der Waals surface area contributed by atoms with E-state index in [0.717, 1.165) is 37.5 Å². The highest BCUT2D eigenvalue weighted by atomic mass is 127. The second-order valence-corrected chi connectivity index (χ2v) is 5.99. The smallest absolute Gasteiger partial charge is 0.251 e. The van der Waals surface area contributed by atoms with E-state index in [1.807, 2.05) is 31.2 Å². The van der Waals surface area contributed by atoms with Gasteiger partial charge in [-0.1, -0.05) is 42.5 Å². The van der Waals surface area contributed by atoms with Gasteiger partial charge in [0, 0.05) is 25.7 Å². The number of amides is 1. The summed E-state index contributed by atoms with van der Waals surface area (Å²) in [4.78, 5) is 16.3. The first kappa shape index (κ1) is 23.0. The number of carbonyl (C=O) groups excluding carboxylic acids is 1. The molecule has 0 radical (unpaired) electrons. The lowest BCUT2D eigenvalue weighted by Gasteiger charge is -2.11. The molecule has 0 atom stereocenters. The second kappa shape index (κ2) is 13.1. The van der Waals surface area contributed by atoms with E-state index in [9.17, 15) is 4.79 Å². The zero-order chi connectivity index (χ0) is 18.6. The summed E-state index contributed by atoms with van der Waals surface area (Å²) in [6, 6.07) is 18.0. The monoisotopic (exact) mass is 480 g/mol. The molecule has 0 aliphatic rings. The number of hydrogen-bond acceptors (Lipinski definition) is 2. The maximum atomic E-state index is 11.7. The molecule has 0 fully saturated rings. The first-order valence-electron chi connectivity index (χ1n) is 9.10. The number of carbonyl (C=O) groups is 1. The van der Waals surface area contributed by atoms with Gasteiger partial charge in [-0.25, -0.2) is 4.99 Å². The molecule has 0 aromatic heterocycles. The standard InChI is InChI=1S/C21H28N4O.HI/c1-3-23-21(24-14-8-12-17-9-5-4-6-10-17)25-16-18-11-7-13-19(15-18)20(26)22-2;/h4-7,9-11,13,15H,3,8,12,14,16H2,1-2H3,(H,22,26)(H2,23,24,25);1H. The van der Waals surface area contributed by atoms with Crippen LogP contribution in [0.4, 0.5) is 0 Å². The average molecular weight is 480 g/mol. The lowest BCUT2D eigenvalue weighted by atomic mass is 10.1. The van der Waals surface area contributed by atoms with Gasteiger partial charge in [-0.05, 0) is 43.0 Å². The first-order chi connectivity index (χ1) is 12.7. The van der Waals surface area contributed by atoms with Crippen molar-refractivity contribution in [1.29, 1.82) is 0 Å². The van der Waals surface area contributed by atoms with Crippen LogP contribution in [0, 0.1) is 0 Å². The van der Waals surface area contributed by atoms with Gasteiger partial charge >= 0.3 is 0 Å². The Morgan fingerprint density at radius 3 is 2.44 bits per heavy atom. The van der Waals surface area contributed by atoms with Crippen LogP contribution in [0.1, 0.15) is 34.8 Å². The highest BCUT2D eigenvalue weighted by Gasteiger charge is 2.04. The molecule has 1 amide bonds. The van der Waals surface area contributed by atoms with Gasteiger partial charge in [-0.15, -0.1) is 24.0 Å². The third kappa shape index (κ3) is 8.43. The molecule has 0 bridgehead atoms. The van der Waals surface area contributed by atoms with E-state index in [1.165, 1.54) is 5.56 Å². The molecule has 2 aromatic carbocycles. The molecule has 0 saturated carbocycles. The zero-order valence-electron chi connectivity index (χ0n) is 16.0. The van der Waals surface area contributed by atoms with Gasteiger partial charge in [0.15, 0.2) is 5.96 Å². The number of rotatable bonds is 8. The number of halogens is 1. The minimum atomic E-state index is -0.0817. The van der Waals surface area contributed by atoms with E-state index in [2.05, 4.69) is 45.2 Å². The van der Waals surface area contributed by atoms with E-state index < -0.39 is 0 Å². The SMILES string of the molecule is CCNC(=NCc1cccc(C(=O)NC)c1)NCCCc1ccccc1.I. The van der Waals surface area contributed by atoms with Gasteiger partial charge in [-0.2, -0.15) is 0 Å². The average Bonchev–Trinajstić information content (AvgIpc) is 2.69. The summed E-state index contributed by atoms with van der Waals surface area (Å²) in [6.07, 6.45) is 2.09. The molecule has 0 aliphatic carbocycles. The van der Waals surface area contributed by atoms with Crippen LogP contribution in [-0.2, 0) is 13.0 Å². The number of nitrogens with zero attached hydrogens (tertiary/aromatic N) is 1. The van der Waals surface area contributed by atoms with Crippen molar-refractivity contribution in [2.24, 2.45) is 4.99 Å². The summed E-state index contributed by atoms with van der Waals surface area (Å²) >= 11 is 0. The number of nitrogens with one attached hydrogen (secondary N) is 3. The van der Waals surface area contributed by atoms with Crippen LogP contribution in [0.15, 0.2) is 59.6 Å². The summed E-state index contributed by atoms with van der Waals surface area (Å²) in [6.45, 7) is 4.24. The van der Waals surface area contributed by atoms with Gasteiger partial charge in [-0.3, -0.25) is 4.79 Å². The summed E-state index contributed by atoms with van der Waals surface area (Å²) in [5, 5.41) is 9.27. The third-order valence-corrected chi connectivity index (χ3v) is 3.96. The topological polar surface area (TPSA) is 65.5 Å². The predicted octanol–water partition coefficient (Wildman–Crippen LogP) is 3.35. The van der Waals surface area contributed by atoms with Gasteiger partial charge in [0.1, 0.15) is 0 Å². The number of benzene rings is 2. The molecule has 2 aromatic rings. The summed E-state index contributed by atoms with van der Waals surface area (Å²) in [5.41, 5.74) is 3.01. The fourth-order valence-corrected chi connectivity index (χ4v) is 2.61. The van der Waals surface area contributed by atoms with Crippen molar-refractivity contribution in [1.82, 2.24) is 16.0 Å². The lowest BCUT2D eigenvalue weighted by Crippen LogP contribution is -2.37. The molecule has 27 heavy (non-hydrogen) atoms. The summed E-state index contributed by atoms with van der Waals surface area (Å²) < 4.78 is 0. The number of hydrogen-bond donors (Lipinski definition) is 3. The normalized spacial score (nSPS) is 10.7. The molecule has 0 heterocycles. The van der Waals surface area contributed by atoms with Crippen molar-refractivity contribution in [3.05, 3.63) is 71.3 Å². The van der Waals surface area contributed by atoms with Crippen LogP contribution < -0.4 is 16.0 Å². The Kier molecular flexibility index (Phi) is 11.2. The molecule has 146 valence electrons. The van der Waals surface area contributed by atoms with Gasteiger partial charge in [0.25, 0.3) is 5.91 Å². The van der Waals surface area contributed by atoms with E-state index in [4.69, 9.17) is 0 Å². The first-order valence-corrected chi connectivity index (χ1v) is 9.10. The summed E-state index contributed by atoms with van der Waals surface area (Å²) in [5.74, 6) is 0.715. The molecular formula is C21H29IN4O. The Morgan fingerprint density at radius 2 is 1.74 bits per heavy atom. The Balaban J connectivity index is 0.00000364. The number of aryl methyl sites for hydroxylation is 1. The fourth-order valence-electron chi connectivity index (χ4n) is 2.61. The molecular weight excluding hydrogens is 451 g/mol. The maximum Gasteiger partial charge on any atom is 0.251 e. The number of guanidine groups is 1. The maximum absolute atomic E-state index is 11.7. The molecule has 0 spiro atoms. The predicted molar refractivity (Wildman–Crippen MR) is 123 cm³/mol. The van der Waals surface area contributed by atoms with E-state index >= 15 is 0 Å². The molecule has 6 heteroatoms. The fraction of sp³-hybridized carbons (Fsp3) is 0.333. The molecule has 0 saturated heterocycles. The zero-order valence-corrected chi connectivity index (χ0v) is 18.3. The van der Waals surface area contributed by atoms with Crippen molar-refractivity contribution in [3.63, 3.8) is 0 Å². The van der Waals surface area contributed by atoms with Crippen LogP contribution in [0.3, 0.4) is 0 Å². The Hall–Kier alpha value is -2.09. The lowest BCUT2D eigenvalue weighted by molar-refractivity contribution is 0.0963. The van der Waals surface area contributed by atoms with Crippen LogP contribution in [-0.4, -0.2) is 32.0 Å².